The standard InChI is InChI=1S/C22H35N3O4/c1-5-28-19-13-12-17(14-20(19)29-6-2)15(3)23-16(4)21(26)25-22(27)24-18-10-8-7-9-11-18/h12-16,18,23H,5-11H2,1-4H3,(H2,24,25,26,27)/p+1/t15-,16+/m0/s1. The number of benzene rings is 1. The normalized spacial score (nSPS) is 16.6. The highest BCUT2D eigenvalue weighted by Crippen LogP contribution is 2.30. The van der Waals surface area contributed by atoms with Gasteiger partial charge in [0.15, 0.2) is 17.5 Å². The van der Waals surface area contributed by atoms with Gasteiger partial charge in [-0.3, -0.25) is 10.1 Å². The highest BCUT2D eigenvalue weighted by Gasteiger charge is 2.24. The second kappa shape index (κ2) is 11.7. The van der Waals surface area contributed by atoms with Crippen LogP contribution in [0.4, 0.5) is 4.79 Å². The maximum Gasteiger partial charge on any atom is 0.321 e. The van der Waals surface area contributed by atoms with Crippen molar-refractivity contribution < 1.29 is 24.4 Å². The van der Waals surface area contributed by atoms with Crippen LogP contribution in [-0.2, 0) is 4.79 Å². The minimum Gasteiger partial charge on any atom is -0.490 e. The average molecular weight is 407 g/mol. The summed E-state index contributed by atoms with van der Waals surface area (Å²) < 4.78 is 11.3. The lowest BCUT2D eigenvalue weighted by atomic mass is 9.96. The van der Waals surface area contributed by atoms with Gasteiger partial charge in [-0.15, -0.1) is 0 Å². The van der Waals surface area contributed by atoms with Crippen LogP contribution in [0, 0.1) is 0 Å². The molecule has 0 unspecified atom stereocenters. The molecule has 1 saturated carbocycles. The lowest BCUT2D eigenvalue weighted by Gasteiger charge is -2.23. The van der Waals surface area contributed by atoms with Gasteiger partial charge in [-0.2, -0.15) is 0 Å². The summed E-state index contributed by atoms with van der Waals surface area (Å²) in [6.07, 6.45) is 5.46. The van der Waals surface area contributed by atoms with Gasteiger partial charge in [0.2, 0.25) is 0 Å². The average Bonchev–Trinajstić information content (AvgIpc) is 2.70. The molecule has 0 aliphatic heterocycles. The molecule has 3 amide bonds. The van der Waals surface area contributed by atoms with Crippen LogP contribution in [0.5, 0.6) is 11.5 Å². The zero-order chi connectivity index (χ0) is 21.2. The summed E-state index contributed by atoms with van der Waals surface area (Å²) in [6.45, 7) is 8.82. The zero-order valence-electron chi connectivity index (χ0n) is 18.1. The fourth-order valence-electron chi connectivity index (χ4n) is 3.68. The van der Waals surface area contributed by atoms with Gasteiger partial charge >= 0.3 is 6.03 Å². The highest BCUT2D eigenvalue weighted by atomic mass is 16.5. The molecule has 1 aliphatic carbocycles. The van der Waals surface area contributed by atoms with Crippen LogP contribution >= 0.6 is 0 Å². The molecule has 4 N–H and O–H groups in total. The minimum absolute atomic E-state index is 0.0204. The quantitative estimate of drug-likeness (QED) is 0.588. The molecule has 0 heterocycles. The number of hydrogen-bond acceptors (Lipinski definition) is 4. The number of imide groups is 1. The molecular weight excluding hydrogens is 370 g/mol. The Hall–Kier alpha value is -2.28. The summed E-state index contributed by atoms with van der Waals surface area (Å²) in [5.74, 6) is 1.13. The third kappa shape index (κ3) is 7.24. The monoisotopic (exact) mass is 406 g/mol. The molecule has 0 bridgehead atoms. The van der Waals surface area contributed by atoms with E-state index in [1.54, 1.807) is 6.92 Å². The van der Waals surface area contributed by atoms with Crippen molar-refractivity contribution in [3.05, 3.63) is 23.8 Å². The Labute approximate surface area is 173 Å². The summed E-state index contributed by atoms with van der Waals surface area (Å²) in [7, 11) is 0. The van der Waals surface area contributed by atoms with Crippen molar-refractivity contribution in [2.45, 2.75) is 77.9 Å². The number of amides is 3. The van der Waals surface area contributed by atoms with E-state index in [0.29, 0.717) is 19.0 Å². The number of nitrogens with one attached hydrogen (secondary N) is 2. The van der Waals surface area contributed by atoms with E-state index in [2.05, 4.69) is 10.6 Å². The summed E-state index contributed by atoms with van der Waals surface area (Å²) in [4.78, 5) is 24.5. The molecule has 7 nitrogen and oxygen atoms in total. The van der Waals surface area contributed by atoms with Gasteiger partial charge in [0.1, 0.15) is 6.04 Å². The van der Waals surface area contributed by atoms with Gasteiger partial charge in [-0.05, 0) is 58.7 Å². The second-order valence-corrected chi connectivity index (χ2v) is 7.64. The number of quaternary nitrogens is 1. The molecule has 1 aromatic carbocycles. The Balaban J connectivity index is 1.89. The number of urea groups is 1. The van der Waals surface area contributed by atoms with Crippen LogP contribution < -0.4 is 25.4 Å². The van der Waals surface area contributed by atoms with Gasteiger partial charge < -0.3 is 20.1 Å². The molecule has 0 saturated heterocycles. The van der Waals surface area contributed by atoms with Gasteiger partial charge in [0.25, 0.3) is 5.91 Å². The van der Waals surface area contributed by atoms with Crippen LogP contribution in [0.15, 0.2) is 18.2 Å². The summed E-state index contributed by atoms with van der Waals surface area (Å²) in [5, 5.41) is 7.33. The van der Waals surface area contributed by atoms with Gasteiger partial charge in [-0.25, -0.2) is 4.79 Å². The van der Waals surface area contributed by atoms with Gasteiger partial charge in [0.05, 0.1) is 13.2 Å². The molecule has 1 fully saturated rings. The first-order chi connectivity index (χ1) is 13.9. The smallest absolute Gasteiger partial charge is 0.321 e. The van der Waals surface area contributed by atoms with Crippen molar-refractivity contribution in [2.75, 3.05) is 13.2 Å². The maximum absolute atomic E-state index is 12.4. The molecule has 0 spiro atoms. The fraction of sp³-hybridized carbons (Fsp3) is 0.636. The predicted molar refractivity (Wildman–Crippen MR) is 112 cm³/mol. The van der Waals surface area contributed by atoms with E-state index in [-0.39, 0.29) is 18.0 Å². The van der Waals surface area contributed by atoms with Crippen molar-refractivity contribution in [1.82, 2.24) is 10.6 Å². The number of nitrogens with two attached hydrogens (primary N) is 1. The molecule has 2 rings (SSSR count). The maximum atomic E-state index is 12.4. The third-order valence-corrected chi connectivity index (χ3v) is 5.26. The van der Waals surface area contributed by atoms with E-state index in [0.717, 1.165) is 37.0 Å². The van der Waals surface area contributed by atoms with Crippen molar-refractivity contribution >= 4 is 11.9 Å². The summed E-state index contributed by atoms with van der Waals surface area (Å²) >= 11 is 0. The van der Waals surface area contributed by atoms with Crippen molar-refractivity contribution in [1.29, 1.82) is 0 Å². The first kappa shape index (κ1) is 23.0. The molecule has 7 heteroatoms. The molecule has 2 atom stereocenters. The first-order valence-electron chi connectivity index (χ1n) is 10.8. The first-order valence-corrected chi connectivity index (χ1v) is 10.8. The van der Waals surface area contributed by atoms with E-state index in [4.69, 9.17) is 9.47 Å². The van der Waals surface area contributed by atoms with E-state index in [1.165, 1.54) is 6.42 Å². The van der Waals surface area contributed by atoms with Crippen LogP contribution in [0.2, 0.25) is 0 Å². The van der Waals surface area contributed by atoms with Crippen molar-refractivity contribution in [3.8, 4) is 11.5 Å². The molecule has 1 aromatic rings. The lowest BCUT2D eigenvalue weighted by molar-refractivity contribution is -0.710. The molecular formula is C22H36N3O4+. The van der Waals surface area contributed by atoms with E-state index < -0.39 is 12.1 Å². The van der Waals surface area contributed by atoms with E-state index in [1.807, 2.05) is 44.3 Å². The summed E-state index contributed by atoms with van der Waals surface area (Å²) in [5.41, 5.74) is 1.03. The van der Waals surface area contributed by atoms with Gasteiger partial charge in [0, 0.05) is 11.6 Å². The SMILES string of the molecule is CCOc1ccc([C@H](C)[NH2+][C@H](C)C(=O)NC(=O)NC2CCCCC2)cc1OCC. The van der Waals surface area contributed by atoms with Crippen LogP contribution in [0.25, 0.3) is 0 Å². The molecule has 29 heavy (non-hydrogen) atoms. The predicted octanol–water partition coefficient (Wildman–Crippen LogP) is 2.66. The van der Waals surface area contributed by atoms with Crippen molar-refractivity contribution in [3.63, 3.8) is 0 Å². The van der Waals surface area contributed by atoms with Crippen LogP contribution in [-0.4, -0.2) is 37.2 Å². The Morgan fingerprint density at radius 1 is 1.07 bits per heavy atom. The number of carbonyl (C=O) groups is 2. The third-order valence-electron chi connectivity index (χ3n) is 5.26. The Bertz CT molecular complexity index is 674. The van der Waals surface area contributed by atoms with Crippen LogP contribution in [0.3, 0.4) is 0 Å². The molecule has 162 valence electrons. The number of carbonyl (C=O) groups excluding carboxylic acids is 2. The second-order valence-electron chi connectivity index (χ2n) is 7.64. The van der Waals surface area contributed by atoms with E-state index >= 15 is 0 Å². The van der Waals surface area contributed by atoms with E-state index in [9.17, 15) is 9.59 Å². The Kier molecular flexibility index (Phi) is 9.25. The molecule has 1 aliphatic rings. The fourth-order valence-corrected chi connectivity index (χ4v) is 3.68. The number of hydrogen-bond donors (Lipinski definition) is 3. The minimum atomic E-state index is -0.399. The zero-order valence-corrected chi connectivity index (χ0v) is 18.1. The highest BCUT2D eigenvalue weighted by molar-refractivity contribution is 5.96. The summed E-state index contributed by atoms with van der Waals surface area (Å²) in [6, 6.07) is 5.24. The topological polar surface area (TPSA) is 93.3 Å². The van der Waals surface area contributed by atoms with Crippen molar-refractivity contribution in [2.24, 2.45) is 0 Å². The number of ether oxygens (including phenoxy) is 2. The lowest BCUT2D eigenvalue weighted by Crippen LogP contribution is -2.92. The molecule has 0 aromatic heterocycles. The number of rotatable bonds is 9. The Morgan fingerprint density at radius 3 is 2.38 bits per heavy atom. The van der Waals surface area contributed by atoms with Gasteiger partial charge in [-0.1, -0.05) is 19.3 Å². The largest absolute Gasteiger partial charge is 0.490 e. The Morgan fingerprint density at radius 2 is 1.72 bits per heavy atom. The van der Waals surface area contributed by atoms with Crippen LogP contribution in [0.1, 0.15) is 71.4 Å². The molecule has 0 radical (unpaired) electrons.